The minimum Gasteiger partial charge on any atom is -0.342 e. The van der Waals surface area contributed by atoms with Crippen LogP contribution >= 0.6 is 11.9 Å². The summed E-state index contributed by atoms with van der Waals surface area (Å²) in [5.74, 6) is -0.739. The highest BCUT2D eigenvalue weighted by Gasteiger charge is 2.06. The Labute approximate surface area is 61.1 Å². The molecule has 0 radical (unpaired) electrons. The number of hydrogen-bond acceptors (Lipinski definition) is 5. The topological polar surface area (TPSA) is 65.0 Å². The Hall–Kier alpha value is -1.23. The van der Waals surface area contributed by atoms with E-state index in [-0.39, 0.29) is 5.69 Å². The molecule has 1 rings (SSSR count). The van der Waals surface area contributed by atoms with Crippen LogP contribution in [-0.2, 0) is 4.29 Å². The summed E-state index contributed by atoms with van der Waals surface area (Å²) in [5.41, 5.74) is 0.0324. The van der Waals surface area contributed by atoms with Gasteiger partial charge in [-0.15, -0.1) is 10.2 Å². The van der Waals surface area contributed by atoms with Gasteiger partial charge in [0.2, 0.25) is 0 Å². The molecule has 0 aliphatic heterocycles. The Bertz CT molecular complexity index is 227. The van der Waals surface area contributed by atoms with Gasteiger partial charge in [-0.2, -0.15) is 0 Å². The van der Waals surface area contributed by atoms with Crippen molar-refractivity contribution in [3.63, 3.8) is 0 Å². The van der Waals surface area contributed by atoms with E-state index in [1.165, 1.54) is 12.3 Å². The second-order valence-corrected chi connectivity index (χ2v) is 1.52. The maximum absolute atomic E-state index is 10.5. The average molecular weight is 160 g/mol. The molecule has 0 saturated heterocycles. The van der Waals surface area contributed by atoms with E-state index in [0.29, 0.717) is 0 Å². The van der Waals surface area contributed by atoms with Gasteiger partial charge in [0.25, 0.3) is 0 Å². The molecule has 0 aliphatic rings. The standard InChI is InChI=1S/C4H2ClN3O2/c5-10-4(9)3-1-2-6-8-7-3/h1-2H. The predicted octanol–water partition coefficient (Wildman–Crippen LogP) is 0.182. The van der Waals surface area contributed by atoms with E-state index in [4.69, 9.17) is 11.9 Å². The molecule has 0 unspecified atom stereocenters. The van der Waals surface area contributed by atoms with Crippen molar-refractivity contribution >= 4 is 17.8 Å². The van der Waals surface area contributed by atoms with Gasteiger partial charge in [-0.1, -0.05) is 0 Å². The third-order valence-corrected chi connectivity index (χ3v) is 0.923. The summed E-state index contributed by atoms with van der Waals surface area (Å²) in [5, 5.41) is 9.87. The minimum absolute atomic E-state index is 0.0324. The Kier molecular flexibility index (Phi) is 2.11. The molecule has 0 saturated carbocycles. The van der Waals surface area contributed by atoms with Crippen LogP contribution in [0.25, 0.3) is 0 Å². The second-order valence-electron chi connectivity index (χ2n) is 1.37. The highest BCUT2D eigenvalue weighted by atomic mass is 35.5. The molecule has 0 bridgehead atoms. The molecule has 0 amide bonds. The predicted molar refractivity (Wildman–Crippen MR) is 31.1 cm³/mol. The first-order valence-corrected chi connectivity index (χ1v) is 2.62. The van der Waals surface area contributed by atoms with Crippen LogP contribution in [0.2, 0.25) is 0 Å². The average Bonchev–Trinajstić information content (AvgIpc) is 2.05. The third kappa shape index (κ3) is 1.38. The van der Waals surface area contributed by atoms with Gasteiger partial charge in [-0.3, -0.25) is 0 Å². The smallest absolute Gasteiger partial charge is 0.342 e. The van der Waals surface area contributed by atoms with Gasteiger partial charge in [-0.25, -0.2) is 4.79 Å². The van der Waals surface area contributed by atoms with Gasteiger partial charge in [0, 0.05) is 0 Å². The zero-order valence-electron chi connectivity index (χ0n) is 4.69. The fourth-order valence-electron chi connectivity index (χ4n) is 0.389. The van der Waals surface area contributed by atoms with E-state index in [1.807, 2.05) is 0 Å². The summed E-state index contributed by atoms with van der Waals surface area (Å²) < 4.78 is 3.84. The first-order chi connectivity index (χ1) is 4.84. The number of carbonyl (C=O) groups excluding carboxylic acids is 1. The Balaban J connectivity index is 2.85. The van der Waals surface area contributed by atoms with E-state index in [2.05, 4.69) is 19.7 Å². The zero-order valence-corrected chi connectivity index (χ0v) is 5.45. The number of halogens is 1. The minimum atomic E-state index is -0.739. The molecule has 0 aliphatic carbocycles. The molecule has 0 fully saturated rings. The van der Waals surface area contributed by atoms with Crippen LogP contribution in [0.3, 0.4) is 0 Å². The summed E-state index contributed by atoms with van der Waals surface area (Å²) in [6.45, 7) is 0. The molecule has 1 heterocycles. The van der Waals surface area contributed by atoms with Crippen molar-refractivity contribution in [2.75, 3.05) is 0 Å². The first-order valence-electron chi connectivity index (χ1n) is 2.32. The lowest BCUT2D eigenvalue weighted by molar-refractivity contribution is 0.0743. The van der Waals surface area contributed by atoms with Crippen LogP contribution in [0, 0.1) is 0 Å². The fourth-order valence-corrected chi connectivity index (χ4v) is 0.469. The molecule has 52 valence electrons. The molecule has 1 aromatic heterocycles. The van der Waals surface area contributed by atoms with Crippen molar-refractivity contribution in [2.45, 2.75) is 0 Å². The molecule has 10 heavy (non-hydrogen) atoms. The number of carbonyl (C=O) groups is 1. The molecule has 1 aromatic rings. The summed E-state index contributed by atoms with van der Waals surface area (Å²) in [7, 11) is 0. The van der Waals surface area contributed by atoms with Crippen molar-refractivity contribution in [3.05, 3.63) is 18.0 Å². The number of aromatic nitrogens is 3. The van der Waals surface area contributed by atoms with Gasteiger partial charge >= 0.3 is 5.97 Å². The SMILES string of the molecule is O=C(OCl)c1ccnnn1. The summed E-state index contributed by atoms with van der Waals surface area (Å²) >= 11 is 4.75. The van der Waals surface area contributed by atoms with Crippen molar-refractivity contribution < 1.29 is 9.08 Å². The van der Waals surface area contributed by atoms with Crippen LogP contribution in [0.15, 0.2) is 12.3 Å². The highest BCUT2D eigenvalue weighted by molar-refractivity contribution is 6.15. The van der Waals surface area contributed by atoms with Crippen LogP contribution in [-0.4, -0.2) is 21.4 Å². The van der Waals surface area contributed by atoms with Gasteiger partial charge in [0.1, 0.15) is 11.9 Å². The number of hydrogen-bond donors (Lipinski definition) is 0. The maximum atomic E-state index is 10.5. The zero-order chi connectivity index (χ0) is 7.40. The van der Waals surface area contributed by atoms with E-state index < -0.39 is 5.97 Å². The monoisotopic (exact) mass is 159 g/mol. The molecule has 5 nitrogen and oxygen atoms in total. The van der Waals surface area contributed by atoms with Crippen LogP contribution in [0.5, 0.6) is 0 Å². The van der Waals surface area contributed by atoms with Crippen molar-refractivity contribution in [1.29, 1.82) is 0 Å². The van der Waals surface area contributed by atoms with Gasteiger partial charge < -0.3 is 4.29 Å². The van der Waals surface area contributed by atoms with Gasteiger partial charge in [-0.05, 0) is 11.3 Å². The van der Waals surface area contributed by atoms with Gasteiger partial charge in [0.05, 0.1) is 6.20 Å². The lowest BCUT2D eigenvalue weighted by Crippen LogP contribution is -2.03. The fraction of sp³-hybridized carbons (Fsp3) is 0. The molecule has 0 aromatic carbocycles. The maximum Gasteiger partial charge on any atom is 0.377 e. The molecule has 0 atom stereocenters. The Morgan fingerprint density at radius 2 is 2.50 bits per heavy atom. The summed E-state index contributed by atoms with van der Waals surface area (Å²) in [6, 6.07) is 1.34. The van der Waals surface area contributed by atoms with Crippen molar-refractivity contribution in [2.24, 2.45) is 0 Å². The number of nitrogens with zero attached hydrogens (tertiary/aromatic N) is 3. The van der Waals surface area contributed by atoms with Gasteiger partial charge in [0.15, 0.2) is 5.69 Å². The first kappa shape index (κ1) is 6.88. The highest BCUT2D eigenvalue weighted by Crippen LogP contribution is 1.94. The van der Waals surface area contributed by atoms with E-state index >= 15 is 0 Å². The second kappa shape index (κ2) is 3.07. The summed E-state index contributed by atoms with van der Waals surface area (Å²) in [4.78, 5) is 10.5. The Morgan fingerprint density at radius 1 is 1.70 bits per heavy atom. The van der Waals surface area contributed by atoms with Crippen LogP contribution in [0.4, 0.5) is 0 Å². The van der Waals surface area contributed by atoms with E-state index in [9.17, 15) is 4.79 Å². The third-order valence-electron chi connectivity index (χ3n) is 0.782. The quantitative estimate of drug-likeness (QED) is 0.585. The largest absolute Gasteiger partial charge is 0.377 e. The lowest BCUT2D eigenvalue weighted by atomic mass is 10.4. The molecule has 0 N–H and O–H groups in total. The molecule has 0 spiro atoms. The van der Waals surface area contributed by atoms with Crippen molar-refractivity contribution in [1.82, 2.24) is 15.4 Å². The van der Waals surface area contributed by atoms with Crippen LogP contribution in [0.1, 0.15) is 10.5 Å². The van der Waals surface area contributed by atoms with Crippen LogP contribution < -0.4 is 0 Å². The number of rotatable bonds is 1. The lowest BCUT2D eigenvalue weighted by Gasteiger charge is -1.89. The molecular formula is C4H2ClN3O2. The molecular weight excluding hydrogens is 158 g/mol. The van der Waals surface area contributed by atoms with E-state index in [0.717, 1.165) is 0 Å². The normalized spacial score (nSPS) is 8.90. The summed E-state index contributed by atoms with van der Waals surface area (Å²) in [6.07, 6.45) is 1.32. The van der Waals surface area contributed by atoms with Crippen molar-refractivity contribution in [3.8, 4) is 0 Å². The Morgan fingerprint density at radius 3 is 3.00 bits per heavy atom. The van der Waals surface area contributed by atoms with E-state index in [1.54, 1.807) is 0 Å². The molecule has 6 heteroatoms.